The van der Waals surface area contributed by atoms with Gasteiger partial charge in [0.2, 0.25) is 20.0 Å². The summed E-state index contributed by atoms with van der Waals surface area (Å²) in [6, 6.07) is 7.75. The van der Waals surface area contributed by atoms with Crippen LogP contribution in [0, 0.1) is 0 Å². The average molecular weight is 424 g/mol. The maximum absolute atomic E-state index is 13.1. The second-order valence-electron chi connectivity index (χ2n) is 5.39. The molecule has 2 aromatic carbocycles. The van der Waals surface area contributed by atoms with Gasteiger partial charge in [0.05, 0.1) is 18.4 Å². The molecule has 0 saturated carbocycles. The van der Waals surface area contributed by atoms with Gasteiger partial charge in [0, 0.05) is 0 Å². The van der Waals surface area contributed by atoms with Crippen LogP contribution >= 0.6 is 0 Å². The van der Waals surface area contributed by atoms with Crippen molar-refractivity contribution in [1.82, 2.24) is 0 Å². The lowest BCUT2D eigenvalue weighted by Crippen LogP contribution is -2.21. The summed E-state index contributed by atoms with van der Waals surface area (Å²) in [7, 11) is -7.60. The van der Waals surface area contributed by atoms with Gasteiger partial charge >= 0.3 is 6.18 Å². The maximum atomic E-state index is 13.1. The number of alkyl halides is 3. The van der Waals surface area contributed by atoms with Crippen LogP contribution in [-0.2, 0) is 32.0 Å². The highest BCUT2D eigenvalue weighted by atomic mass is 32.2. The van der Waals surface area contributed by atoms with Crippen molar-refractivity contribution in [2.45, 2.75) is 16.8 Å². The van der Waals surface area contributed by atoms with Crippen LogP contribution in [0.25, 0.3) is 0 Å². The highest BCUT2D eigenvalue weighted by Crippen LogP contribution is 2.35. The van der Waals surface area contributed by atoms with E-state index in [9.17, 15) is 30.0 Å². The van der Waals surface area contributed by atoms with E-state index >= 15 is 0 Å². The first-order chi connectivity index (χ1) is 12.3. The molecule has 0 amide bonds. The van der Waals surface area contributed by atoms with Gasteiger partial charge in [0.25, 0.3) is 0 Å². The van der Waals surface area contributed by atoms with Crippen LogP contribution < -0.4 is 14.6 Å². The molecular formula is C15H15F3N2O5S2. The standard InChI is InChI=1S/C15H15F3N2O5S2/c1-25-12-7-4-8-13(27(19,23)24)14(12)20-26(21,22)9-10-5-2-3-6-11(10)15(16,17)18/h2-8,20H,9H2,1H3,(H2,19,23,24). The second-order valence-corrected chi connectivity index (χ2v) is 8.65. The molecule has 0 unspecified atom stereocenters. The van der Waals surface area contributed by atoms with Gasteiger partial charge in [-0.2, -0.15) is 13.2 Å². The van der Waals surface area contributed by atoms with E-state index in [0.717, 1.165) is 24.3 Å². The largest absolute Gasteiger partial charge is 0.495 e. The SMILES string of the molecule is COc1cccc(S(N)(=O)=O)c1NS(=O)(=O)Cc1ccccc1C(F)(F)F. The van der Waals surface area contributed by atoms with Crippen molar-refractivity contribution >= 4 is 25.7 Å². The van der Waals surface area contributed by atoms with Gasteiger partial charge in [-0.05, 0) is 23.8 Å². The first-order valence-corrected chi connectivity index (χ1v) is 10.4. The molecule has 148 valence electrons. The Morgan fingerprint density at radius 2 is 1.67 bits per heavy atom. The van der Waals surface area contributed by atoms with Crippen LogP contribution in [0.3, 0.4) is 0 Å². The molecule has 7 nitrogen and oxygen atoms in total. The number of hydrogen-bond acceptors (Lipinski definition) is 5. The third kappa shape index (κ3) is 5.11. The zero-order chi connectivity index (χ0) is 20.5. The Hall–Kier alpha value is -2.31. The minimum absolute atomic E-state index is 0.158. The Kier molecular flexibility index (Phi) is 5.73. The van der Waals surface area contributed by atoms with E-state index in [-0.39, 0.29) is 5.75 Å². The predicted molar refractivity (Wildman–Crippen MR) is 92.1 cm³/mol. The van der Waals surface area contributed by atoms with Crippen molar-refractivity contribution in [3.05, 3.63) is 53.6 Å². The lowest BCUT2D eigenvalue weighted by Gasteiger charge is -2.16. The quantitative estimate of drug-likeness (QED) is 0.738. The normalized spacial score (nSPS) is 12.6. The number of halogens is 3. The zero-order valence-corrected chi connectivity index (χ0v) is 15.5. The third-order valence-corrected chi connectivity index (χ3v) is 5.60. The second kappa shape index (κ2) is 7.37. The molecule has 0 aliphatic heterocycles. The number of ether oxygens (including phenoxy) is 1. The predicted octanol–water partition coefficient (Wildman–Crippen LogP) is 2.30. The van der Waals surface area contributed by atoms with Crippen molar-refractivity contribution in [2.24, 2.45) is 5.14 Å². The number of methoxy groups -OCH3 is 1. The molecule has 0 fully saturated rings. The first-order valence-electron chi connectivity index (χ1n) is 7.20. The van der Waals surface area contributed by atoms with Gasteiger partial charge < -0.3 is 4.74 Å². The molecule has 0 bridgehead atoms. The van der Waals surface area contributed by atoms with Crippen molar-refractivity contribution in [3.63, 3.8) is 0 Å². The van der Waals surface area contributed by atoms with Crippen molar-refractivity contribution in [1.29, 1.82) is 0 Å². The van der Waals surface area contributed by atoms with Gasteiger partial charge in [-0.3, -0.25) is 4.72 Å². The van der Waals surface area contributed by atoms with Gasteiger partial charge in [0.1, 0.15) is 16.3 Å². The van der Waals surface area contributed by atoms with Crippen molar-refractivity contribution in [3.8, 4) is 5.75 Å². The van der Waals surface area contributed by atoms with Crippen molar-refractivity contribution < 1.29 is 34.7 Å². The Bertz CT molecular complexity index is 1050. The molecule has 0 radical (unpaired) electrons. The van der Waals surface area contributed by atoms with Crippen LogP contribution in [0.4, 0.5) is 18.9 Å². The van der Waals surface area contributed by atoms with E-state index in [0.29, 0.717) is 0 Å². The molecule has 27 heavy (non-hydrogen) atoms. The molecule has 0 aromatic heterocycles. The Balaban J connectivity index is 2.48. The summed E-state index contributed by atoms with van der Waals surface area (Å²) in [5, 5.41) is 5.07. The number of nitrogens with one attached hydrogen (secondary N) is 1. The number of benzene rings is 2. The number of para-hydroxylation sites is 1. The maximum Gasteiger partial charge on any atom is 0.416 e. The summed E-state index contributed by atoms with van der Waals surface area (Å²) in [4.78, 5) is -0.575. The molecule has 0 aliphatic rings. The lowest BCUT2D eigenvalue weighted by molar-refractivity contribution is -0.138. The van der Waals surface area contributed by atoms with Gasteiger partial charge in [-0.1, -0.05) is 24.3 Å². The molecule has 2 aromatic rings. The van der Waals surface area contributed by atoms with E-state index in [1.165, 1.54) is 25.3 Å². The number of anilines is 1. The number of nitrogens with two attached hydrogens (primary N) is 1. The first kappa shape index (κ1) is 21.0. The highest BCUT2D eigenvalue weighted by Gasteiger charge is 2.34. The average Bonchev–Trinajstić information content (AvgIpc) is 2.52. The molecule has 0 heterocycles. The number of hydrogen-bond donors (Lipinski definition) is 2. The van der Waals surface area contributed by atoms with E-state index in [4.69, 9.17) is 9.88 Å². The minimum atomic E-state index is -4.75. The van der Waals surface area contributed by atoms with E-state index in [1.54, 1.807) is 0 Å². The monoisotopic (exact) mass is 424 g/mol. The number of sulfonamides is 2. The highest BCUT2D eigenvalue weighted by molar-refractivity contribution is 7.92. The molecule has 0 saturated heterocycles. The van der Waals surface area contributed by atoms with E-state index in [1.807, 2.05) is 4.72 Å². The number of rotatable bonds is 6. The summed E-state index contributed by atoms with van der Waals surface area (Å²) in [6.07, 6.45) is -4.75. The third-order valence-electron chi connectivity index (χ3n) is 3.44. The summed E-state index contributed by atoms with van der Waals surface area (Å²) in [5.41, 5.74) is -2.08. The Morgan fingerprint density at radius 3 is 2.22 bits per heavy atom. The fraction of sp³-hybridized carbons (Fsp3) is 0.200. The topological polar surface area (TPSA) is 116 Å². The van der Waals surface area contributed by atoms with Crippen LogP contribution in [0.2, 0.25) is 0 Å². The number of primary sulfonamides is 1. The molecule has 12 heteroatoms. The molecule has 2 rings (SSSR count). The molecule has 3 N–H and O–H groups in total. The van der Waals surface area contributed by atoms with Crippen LogP contribution in [0.1, 0.15) is 11.1 Å². The van der Waals surface area contributed by atoms with Crippen LogP contribution in [0.15, 0.2) is 47.4 Å². The summed E-state index contributed by atoms with van der Waals surface area (Å²) in [5.74, 6) is -1.20. The molecule has 0 aliphatic carbocycles. The van der Waals surface area contributed by atoms with Gasteiger partial charge in [-0.25, -0.2) is 22.0 Å². The van der Waals surface area contributed by atoms with E-state index in [2.05, 4.69) is 0 Å². The summed E-state index contributed by atoms with van der Waals surface area (Å²) < 4.78 is 94.3. The summed E-state index contributed by atoms with van der Waals surface area (Å²) >= 11 is 0. The Morgan fingerprint density at radius 1 is 1.04 bits per heavy atom. The van der Waals surface area contributed by atoms with Gasteiger partial charge in [0.15, 0.2) is 0 Å². The van der Waals surface area contributed by atoms with E-state index < -0.39 is 53.7 Å². The smallest absolute Gasteiger partial charge is 0.416 e. The lowest BCUT2D eigenvalue weighted by atomic mass is 10.1. The zero-order valence-electron chi connectivity index (χ0n) is 13.8. The molecule has 0 atom stereocenters. The fourth-order valence-electron chi connectivity index (χ4n) is 2.34. The van der Waals surface area contributed by atoms with Crippen LogP contribution in [0.5, 0.6) is 5.75 Å². The van der Waals surface area contributed by atoms with Crippen molar-refractivity contribution in [2.75, 3.05) is 11.8 Å². The van der Waals surface area contributed by atoms with Crippen LogP contribution in [-0.4, -0.2) is 23.9 Å². The minimum Gasteiger partial charge on any atom is -0.495 e. The fourth-order valence-corrected chi connectivity index (χ4v) is 4.36. The van der Waals surface area contributed by atoms with Gasteiger partial charge in [-0.15, -0.1) is 0 Å². The summed E-state index contributed by atoms with van der Waals surface area (Å²) in [6.45, 7) is 0. The molecular weight excluding hydrogens is 409 g/mol. The molecule has 0 spiro atoms. The Labute approximate surface area is 154 Å².